The standard InChI is InChI=1S/C32H27FN6O/c1-19(2)30(38-31-29-25(33)13-8-14-26(29)36-18-37-31)27-15-21-9-7-12-24(22-16-34-20(3)35-17-22)28(21)32(40)39(27)23-10-5-4-6-11-23/h4-19,30H,1-3H3,(H,36,37,38). The Morgan fingerprint density at radius 3 is 2.35 bits per heavy atom. The molecule has 0 aliphatic heterocycles. The molecule has 0 amide bonds. The molecular weight excluding hydrogens is 503 g/mol. The van der Waals surface area contributed by atoms with Gasteiger partial charge in [0.15, 0.2) is 0 Å². The van der Waals surface area contributed by atoms with Crippen molar-refractivity contribution in [2.75, 3.05) is 5.32 Å². The summed E-state index contributed by atoms with van der Waals surface area (Å²) in [6.07, 6.45) is 4.90. The maximum atomic E-state index is 15.0. The van der Waals surface area contributed by atoms with Crippen molar-refractivity contribution in [2.24, 2.45) is 5.92 Å². The molecule has 8 heteroatoms. The molecule has 3 aromatic carbocycles. The molecule has 0 aliphatic carbocycles. The number of pyridine rings is 1. The number of fused-ring (bicyclic) bond motifs is 2. The molecule has 40 heavy (non-hydrogen) atoms. The zero-order chi connectivity index (χ0) is 27.8. The van der Waals surface area contributed by atoms with Crippen LogP contribution in [0.2, 0.25) is 0 Å². The van der Waals surface area contributed by atoms with Gasteiger partial charge in [0, 0.05) is 29.3 Å². The Bertz CT molecular complexity index is 1900. The predicted molar refractivity (Wildman–Crippen MR) is 156 cm³/mol. The summed E-state index contributed by atoms with van der Waals surface area (Å²) in [6.45, 7) is 5.94. The second kappa shape index (κ2) is 10.3. The molecule has 6 aromatic rings. The van der Waals surface area contributed by atoms with Gasteiger partial charge in [-0.05, 0) is 54.1 Å². The van der Waals surface area contributed by atoms with Crippen LogP contribution in [-0.2, 0) is 0 Å². The summed E-state index contributed by atoms with van der Waals surface area (Å²) < 4.78 is 16.7. The van der Waals surface area contributed by atoms with Gasteiger partial charge in [-0.15, -0.1) is 0 Å². The normalized spacial score (nSPS) is 12.2. The zero-order valence-corrected chi connectivity index (χ0v) is 22.3. The third kappa shape index (κ3) is 4.47. The fourth-order valence-corrected chi connectivity index (χ4v) is 5.13. The molecule has 1 N–H and O–H groups in total. The van der Waals surface area contributed by atoms with Crippen LogP contribution in [0.5, 0.6) is 0 Å². The number of nitrogens with one attached hydrogen (secondary N) is 1. The Morgan fingerprint density at radius 1 is 0.850 bits per heavy atom. The van der Waals surface area contributed by atoms with E-state index in [0.717, 1.165) is 27.9 Å². The summed E-state index contributed by atoms with van der Waals surface area (Å²) in [6, 6.07) is 21.7. The van der Waals surface area contributed by atoms with Crippen molar-refractivity contribution in [2.45, 2.75) is 26.8 Å². The number of benzene rings is 3. The average Bonchev–Trinajstić information content (AvgIpc) is 2.96. The molecule has 1 atom stereocenters. The monoisotopic (exact) mass is 530 g/mol. The van der Waals surface area contributed by atoms with E-state index in [2.05, 4.69) is 39.1 Å². The van der Waals surface area contributed by atoms with Gasteiger partial charge in [0.25, 0.3) is 5.56 Å². The van der Waals surface area contributed by atoms with Gasteiger partial charge in [0.2, 0.25) is 0 Å². The van der Waals surface area contributed by atoms with Crippen LogP contribution in [0.15, 0.2) is 96.3 Å². The van der Waals surface area contributed by atoms with Crippen molar-refractivity contribution in [3.8, 4) is 16.8 Å². The Kier molecular flexibility index (Phi) is 6.51. The van der Waals surface area contributed by atoms with Crippen LogP contribution >= 0.6 is 0 Å². The number of para-hydroxylation sites is 1. The van der Waals surface area contributed by atoms with E-state index >= 15 is 0 Å². The molecule has 0 aliphatic rings. The van der Waals surface area contributed by atoms with Crippen molar-refractivity contribution >= 4 is 27.5 Å². The Balaban J connectivity index is 1.61. The lowest BCUT2D eigenvalue weighted by atomic mass is 9.95. The SMILES string of the molecule is Cc1ncc(-c2cccc3cc(C(Nc4ncnc5cccc(F)c45)C(C)C)n(-c4ccccc4)c(=O)c23)cn1. The number of aromatic nitrogens is 5. The fraction of sp³-hybridized carbons (Fsp3) is 0.156. The second-order valence-electron chi connectivity index (χ2n) is 10.1. The molecule has 6 rings (SSSR count). The van der Waals surface area contributed by atoms with E-state index in [-0.39, 0.29) is 17.5 Å². The van der Waals surface area contributed by atoms with Gasteiger partial charge in [-0.25, -0.2) is 24.3 Å². The third-order valence-corrected chi connectivity index (χ3v) is 7.07. The van der Waals surface area contributed by atoms with Crippen molar-refractivity contribution in [3.63, 3.8) is 0 Å². The van der Waals surface area contributed by atoms with Crippen LogP contribution in [0.1, 0.15) is 31.4 Å². The molecule has 3 aromatic heterocycles. The molecule has 0 radical (unpaired) electrons. The summed E-state index contributed by atoms with van der Waals surface area (Å²) in [5.41, 5.74) is 3.33. The molecule has 0 bridgehead atoms. The minimum absolute atomic E-state index is 0.0114. The third-order valence-electron chi connectivity index (χ3n) is 7.07. The molecule has 0 fully saturated rings. The van der Waals surface area contributed by atoms with Gasteiger partial charge >= 0.3 is 0 Å². The zero-order valence-electron chi connectivity index (χ0n) is 22.3. The summed E-state index contributed by atoms with van der Waals surface area (Å²) in [5.74, 6) is 0.635. The minimum Gasteiger partial charge on any atom is -0.361 e. The molecule has 7 nitrogen and oxygen atoms in total. The highest BCUT2D eigenvalue weighted by Gasteiger charge is 2.25. The molecule has 198 valence electrons. The smallest absolute Gasteiger partial charge is 0.263 e. The summed E-state index contributed by atoms with van der Waals surface area (Å²) in [7, 11) is 0. The molecule has 1 unspecified atom stereocenters. The minimum atomic E-state index is -0.410. The van der Waals surface area contributed by atoms with Gasteiger partial charge in [-0.1, -0.05) is 56.3 Å². The van der Waals surface area contributed by atoms with Crippen molar-refractivity contribution in [1.29, 1.82) is 0 Å². The molecule has 3 heterocycles. The molecule has 0 saturated carbocycles. The van der Waals surface area contributed by atoms with E-state index in [0.29, 0.717) is 27.9 Å². The van der Waals surface area contributed by atoms with E-state index < -0.39 is 5.82 Å². The van der Waals surface area contributed by atoms with Crippen molar-refractivity contribution in [1.82, 2.24) is 24.5 Å². The second-order valence-corrected chi connectivity index (χ2v) is 10.1. The summed E-state index contributed by atoms with van der Waals surface area (Å²) in [4.78, 5) is 31.8. The Morgan fingerprint density at radius 2 is 1.60 bits per heavy atom. The number of aryl methyl sites for hydroxylation is 1. The molecule has 0 saturated heterocycles. The first-order chi connectivity index (χ1) is 19.4. The lowest BCUT2D eigenvalue weighted by molar-refractivity contribution is 0.523. The number of hydrogen-bond donors (Lipinski definition) is 1. The van der Waals surface area contributed by atoms with Crippen LogP contribution in [-0.4, -0.2) is 24.5 Å². The highest BCUT2D eigenvalue weighted by atomic mass is 19.1. The first-order valence-electron chi connectivity index (χ1n) is 13.1. The van der Waals surface area contributed by atoms with E-state index in [9.17, 15) is 9.18 Å². The van der Waals surface area contributed by atoms with Gasteiger partial charge in [0.1, 0.15) is 23.8 Å². The van der Waals surface area contributed by atoms with E-state index in [1.165, 1.54) is 12.4 Å². The number of hydrogen-bond acceptors (Lipinski definition) is 6. The van der Waals surface area contributed by atoms with Gasteiger partial charge in [-0.2, -0.15) is 0 Å². The van der Waals surface area contributed by atoms with Crippen molar-refractivity contribution in [3.05, 3.63) is 119 Å². The Labute approximate surface area is 230 Å². The Hall–Kier alpha value is -4.98. The number of halogens is 1. The first-order valence-corrected chi connectivity index (χ1v) is 13.1. The summed E-state index contributed by atoms with van der Waals surface area (Å²) in [5, 5.41) is 5.14. The van der Waals surface area contributed by atoms with Crippen LogP contribution in [0, 0.1) is 18.7 Å². The van der Waals surface area contributed by atoms with Gasteiger partial charge in [0.05, 0.1) is 22.3 Å². The number of nitrogens with zero attached hydrogens (tertiary/aromatic N) is 5. The van der Waals surface area contributed by atoms with Crippen LogP contribution in [0.4, 0.5) is 10.2 Å². The topological polar surface area (TPSA) is 85.6 Å². The average molecular weight is 531 g/mol. The van der Waals surface area contributed by atoms with Crippen molar-refractivity contribution < 1.29 is 4.39 Å². The largest absolute Gasteiger partial charge is 0.361 e. The summed E-state index contributed by atoms with van der Waals surface area (Å²) >= 11 is 0. The van der Waals surface area contributed by atoms with Gasteiger partial charge in [-0.3, -0.25) is 9.36 Å². The van der Waals surface area contributed by atoms with Crippen LogP contribution < -0.4 is 10.9 Å². The fourth-order valence-electron chi connectivity index (χ4n) is 5.13. The van der Waals surface area contributed by atoms with E-state index in [1.54, 1.807) is 29.1 Å². The quantitative estimate of drug-likeness (QED) is 0.260. The molecule has 0 spiro atoms. The first kappa shape index (κ1) is 25.3. The highest BCUT2D eigenvalue weighted by Crippen LogP contribution is 2.34. The lowest BCUT2D eigenvalue weighted by Crippen LogP contribution is -2.29. The maximum absolute atomic E-state index is 15.0. The maximum Gasteiger partial charge on any atom is 0.263 e. The predicted octanol–water partition coefficient (Wildman–Crippen LogP) is 6.65. The van der Waals surface area contributed by atoms with Crippen LogP contribution in [0.25, 0.3) is 38.5 Å². The van der Waals surface area contributed by atoms with E-state index in [1.807, 2.05) is 61.5 Å². The van der Waals surface area contributed by atoms with Gasteiger partial charge < -0.3 is 5.32 Å². The number of rotatable bonds is 6. The highest BCUT2D eigenvalue weighted by molar-refractivity contribution is 5.96. The molecular formula is C32H27FN6O. The van der Waals surface area contributed by atoms with E-state index in [4.69, 9.17) is 0 Å². The van der Waals surface area contributed by atoms with Crippen LogP contribution in [0.3, 0.4) is 0 Å². The number of anilines is 1. The lowest BCUT2D eigenvalue weighted by Gasteiger charge is -2.28.